The summed E-state index contributed by atoms with van der Waals surface area (Å²) in [6, 6.07) is 5.30. The van der Waals surface area contributed by atoms with Gasteiger partial charge in [-0.05, 0) is 51.1 Å². The molecule has 3 heteroatoms. The lowest BCUT2D eigenvalue weighted by Gasteiger charge is -2.19. The van der Waals surface area contributed by atoms with Gasteiger partial charge in [0, 0.05) is 12.1 Å². The van der Waals surface area contributed by atoms with E-state index in [0.717, 1.165) is 12.1 Å². The Morgan fingerprint density at radius 2 is 2.06 bits per heavy atom. The Kier molecular flexibility index (Phi) is 6.13. The van der Waals surface area contributed by atoms with Crippen LogP contribution in [0.5, 0.6) is 5.75 Å². The molecule has 102 valence electrons. The molecule has 0 amide bonds. The summed E-state index contributed by atoms with van der Waals surface area (Å²) >= 11 is 0. The Morgan fingerprint density at radius 3 is 2.61 bits per heavy atom. The van der Waals surface area contributed by atoms with E-state index < -0.39 is 0 Å². The standard InChI is InChI=1S/C13H18FNO.C2H6/c1-10-6-11(14)8-13(7-10)16-9-12-4-3-5-15(12)2;1-2/h6-8,12H,3-5,9H2,1-2H3;1-2H3. The molecule has 0 aromatic heterocycles. The number of ether oxygens (including phenoxy) is 1. The third kappa shape index (κ3) is 4.30. The van der Waals surface area contributed by atoms with Gasteiger partial charge in [-0.1, -0.05) is 13.8 Å². The number of likely N-dealkylation sites (tertiary alicyclic amines) is 1. The van der Waals surface area contributed by atoms with Gasteiger partial charge in [-0.15, -0.1) is 0 Å². The van der Waals surface area contributed by atoms with Crippen LogP contribution in [0.4, 0.5) is 4.39 Å². The van der Waals surface area contributed by atoms with Gasteiger partial charge in [-0.25, -0.2) is 4.39 Å². The molecule has 0 bridgehead atoms. The molecular formula is C15H24FNO. The second-order valence-electron chi connectivity index (χ2n) is 4.55. The van der Waals surface area contributed by atoms with E-state index in [-0.39, 0.29) is 5.82 Å². The second kappa shape index (κ2) is 7.37. The largest absolute Gasteiger partial charge is 0.492 e. The summed E-state index contributed by atoms with van der Waals surface area (Å²) in [6.45, 7) is 7.66. The number of nitrogens with zero attached hydrogens (tertiary/aromatic N) is 1. The van der Waals surface area contributed by atoms with Crippen molar-refractivity contribution >= 4 is 0 Å². The van der Waals surface area contributed by atoms with E-state index in [1.54, 1.807) is 0 Å². The molecule has 18 heavy (non-hydrogen) atoms. The molecule has 1 aromatic rings. The lowest BCUT2D eigenvalue weighted by atomic mass is 10.2. The van der Waals surface area contributed by atoms with E-state index in [2.05, 4.69) is 11.9 Å². The van der Waals surface area contributed by atoms with Crippen LogP contribution in [-0.4, -0.2) is 31.1 Å². The Labute approximate surface area is 110 Å². The summed E-state index contributed by atoms with van der Waals surface area (Å²) in [4.78, 5) is 2.30. The number of aryl methyl sites for hydroxylation is 1. The molecule has 1 heterocycles. The summed E-state index contributed by atoms with van der Waals surface area (Å²) in [5.74, 6) is 0.410. The van der Waals surface area contributed by atoms with Crippen molar-refractivity contribution in [2.75, 3.05) is 20.2 Å². The Balaban J connectivity index is 0.000000771. The SMILES string of the molecule is CC.Cc1cc(F)cc(OCC2CCCN2C)c1. The van der Waals surface area contributed by atoms with Gasteiger partial charge >= 0.3 is 0 Å². The van der Waals surface area contributed by atoms with Crippen LogP contribution in [0.15, 0.2) is 18.2 Å². The fourth-order valence-electron chi connectivity index (χ4n) is 2.17. The predicted molar refractivity (Wildman–Crippen MR) is 73.6 cm³/mol. The van der Waals surface area contributed by atoms with Gasteiger partial charge in [0.25, 0.3) is 0 Å². The first-order valence-corrected chi connectivity index (χ1v) is 6.75. The molecular weight excluding hydrogens is 229 g/mol. The van der Waals surface area contributed by atoms with Crippen molar-refractivity contribution < 1.29 is 9.13 Å². The first kappa shape index (κ1) is 15.0. The van der Waals surface area contributed by atoms with E-state index in [0.29, 0.717) is 18.4 Å². The van der Waals surface area contributed by atoms with Crippen LogP contribution < -0.4 is 4.74 Å². The van der Waals surface area contributed by atoms with Crippen molar-refractivity contribution in [1.29, 1.82) is 0 Å². The molecule has 1 aliphatic heterocycles. The predicted octanol–water partition coefficient (Wildman–Crippen LogP) is 3.63. The topological polar surface area (TPSA) is 12.5 Å². The molecule has 1 aliphatic rings. The van der Waals surface area contributed by atoms with E-state index in [1.165, 1.54) is 25.0 Å². The lowest BCUT2D eigenvalue weighted by Crippen LogP contribution is -2.30. The Bertz CT molecular complexity index is 347. The molecule has 2 nitrogen and oxygen atoms in total. The number of halogens is 1. The third-order valence-electron chi connectivity index (χ3n) is 3.13. The maximum Gasteiger partial charge on any atom is 0.127 e. The summed E-state index contributed by atoms with van der Waals surface area (Å²) in [5.41, 5.74) is 0.898. The summed E-state index contributed by atoms with van der Waals surface area (Å²) < 4.78 is 18.8. The monoisotopic (exact) mass is 253 g/mol. The average molecular weight is 253 g/mol. The minimum Gasteiger partial charge on any atom is -0.492 e. The quantitative estimate of drug-likeness (QED) is 0.815. The molecule has 1 saturated heterocycles. The Hall–Kier alpha value is -1.09. The highest BCUT2D eigenvalue weighted by atomic mass is 19.1. The number of benzene rings is 1. The maximum atomic E-state index is 13.1. The van der Waals surface area contributed by atoms with Crippen LogP contribution >= 0.6 is 0 Å². The molecule has 0 saturated carbocycles. The lowest BCUT2D eigenvalue weighted by molar-refractivity contribution is 0.197. The normalized spacial score (nSPS) is 19.3. The van der Waals surface area contributed by atoms with Crippen molar-refractivity contribution in [3.05, 3.63) is 29.6 Å². The second-order valence-corrected chi connectivity index (χ2v) is 4.55. The first-order chi connectivity index (χ1) is 8.65. The summed E-state index contributed by atoms with van der Waals surface area (Å²) in [5, 5.41) is 0. The highest BCUT2D eigenvalue weighted by molar-refractivity contribution is 5.28. The van der Waals surface area contributed by atoms with Crippen molar-refractivity contribution in [2.45, 2.75) is 39.7 Å². The molecule has 1 atom stereocenters. The highest BCUT2D eigenvalue weighted by Gasteiger charge is 2.21. The van der Waals surface area contributed by atoms with Gasteiger partial charge in [0.2, 0.25) is 0 Å². The van der Waals surface area contributed by atoms with Gasteiger partial charge < -0.3 is 9.64 Å². The maximum absolute atomic E-state index is 13.1. The molecule has 1 fully saturated rings. The number of hydrogen-bond donors (Lipinski definition) is 0. The minimum atomic E-state index is -0.227. The third-order valence-corrected chi connectivity index (χ3v) is 3.13. The molecule has 2 rings (SSSR count). The van der Waals surface area contributed by atoms with E-state index >= 15 is 0 Å². The minimum absolute atomic E-state index is 0.227. The molecule has 0 radical (unpaired) electrons. The molecule has 0 aliphatic carbocycles. The van der Waals surface area contributed by atoms with E-state index in [1.807, 2.05) is 26.8 Å². The van der Waals surface area contributed by atoms with E-state index in [9.17, 15) is 4.39 Å². The molecule has 1 aromatic carbocycles. The van der Waals surface area contributed by atoms with E-state index in [4.69, 9.17) is 4.74 Å². The smallest absolute Gasteiger partial charge is 0.127 e. The van der Waals surface area contributed by atoms with Gasteiger partial charge in [-0.2, -0.15) is 0 Å². The van der Waals surface area contributed by atoms with Gasteiger partial charge in [0.1, 0.15) is 18.2 Å². The van der Waals surface area contributed by atoms with Crippen LogP contribution in [0.25, 0.3) is 0 Å². The number of likely N-dealkylation sites (N-methyl/N-ethyl adjacent to an activating group) is 1. The zero-order valence-electron chi connectivity index (χ0n) is 11.9. The summed E-state index contributed by atoms with van der Waals surface area (Å²) in [7, 11) is 2.11. The fraction of sp³-hybridized carbons (Fsp3) is 0.600. The van der Waals surface area contributed by atoms with Gasteiger partial charge in [0.05, 0.1) is 0 Å². The van der Waals surface area contributed by atoms with Crippen molar-refractivity contribution in [3.63, 3.8) is 0 Å². The van der Waals surface area contributed by atoms with Crippen LogP contribution in [0, 0.1) is 12.7 Å². The number of hydrogen-bond acceptors (Lipinski definition) is 2. The van der Waals surface area contributed by atoms with Crippen molar-refractivity contribution in [2.24, 2.45) is 0 Å². The Morgan fingerprint density at radius 1 is 1.33 bits per heavy atom. The number of rotatable bonds is 3. The van der Waals surface area contributed by atoms with Crippen molar-refractivity contribution in [3.8, 4) is 5.75 Å². The zero-order chi connectivity index (χ0) is 13.5. The van der Waals surface area contributed by atoms with Gasteiger partial charge in [0.15, 0.2) is 0 Å². The van der Waals surface area contributed by atoms with Crippen molar-refractivity contribution in [1.82, 2.24) is 4.90 Å². The van der Waals surface area contributed by atoms with Crippen LogP contribution in [-0.2, 0) is 0 Å². The van der Waals surface area contributed by atoms with Crippen LogP contribution in [0.2, 0.25) is 0 Å². The molecule has 1 unspecified atom stereocenters. The van der Waals surface area contributed by atoms with Gasteiger partial charge in [-0.3, -0.25) is 0 Å². The molecule has 0 N–H and O–H groups in total. The highest BCUT2D eigenvalue weighted by Crippen LogP contribution is 2.19. The first-order valence-electron chi connectivity index (χ1n) is 6.75. The summed E-state index contributed by atoms with van der Waals surface area (Å²) in [6.07, 6.45) is 2.40. The fourth-order valence-corrected chi connectivity index (χ4v) is 2.17. The average Bonchev–Trinajstić information content (AvgIpc) is 2.74. The zero-order valence-corrected chi connectivity index (χ0v) is 11.9. The van der Waals surface area contributed by atoms with Crippen LogP contribution in [0.3, 0.4) is 0 Å². The van der Waals surface area contributed by atoms with Crippen LogP contribution in [0.1, 0.15) is 32.3 Å². The molecule has 0 spiro atoms.